The second-order valence-corrected chi connectivity index (χ2v) is 29.7. The van der Waals surface area contributed by atoms with Gasteiger partial charge in [0.1, 0.15) is 50.2 Å². The lowest BCUT2D eigenvalue weighted by Gasteiger charge is -2.27. The number of furan rings is 5. The molecule has 16 aromatic carbocycles. The summed E-state index contributed by atoms with van der Waals surface area (Å²) in [5.41, 5.74) is 31.4. The van der Waals surface area contributed by atoms with Crippen molar-refractivity contribution < 1.29 is 22.1 Å². The Morgan fingerprint density at radius 3 is 1.08 bits per heavy atom. The zero-order valence-electron chi connectivity index (χ0n) is 63.7. The third-order valence-electron chi connectivity index (χ3n) is 23.0. The summed E-state index contributed by atoms with van der Waals surface area (Å²) in [7, 11) is 0. The van der Waals surface area contributed by atoms with Crippen molar-refractivity contribution in [3.05, 3.63) is 412 Å². The molecule has 0 spiro atoms. The minimum atomic E-state index is 0.0470. The summed E-state index contributed by atoms with van der Waals surface area (Å²) in [5, 5.41) is 9.89. The molecule has 0 N–H and O–H groups in total. The van der Waals surface area contributed by atoms with Crippen LogP contribution in [0.25, 0.3) is 183 Å². The van der Waals surface area contributed by atoms with Gasteiger partial charge in [-0.2, -0.15) is 0 Å². The summed E-state index contributed by atoms with van der Waals surface area (Å²) in [4.78, 5) is 4.65. The molecule has 0 radical (unpaired) electrons. The van der Waals surface area contributed by atoms with E-state index in [1.807, 2.05) is 54.8 Å². The monoisotopic (exact) mass is 1490 g/mol. The number of benzene rings is 16. The van der Waals surface area contributed by atoms with E-state index in [4.69, 9.17) is 22.1 Å². The molecule has 5 heterocycles. The Balaban J connectivity index is 0.555. The lowest BCUT2D eigenvalue weighted by Crippen LogP contribution is -2.15. The fourth-order valence-corrected chi connectivity index (χ4v) is 17.2. The molecule has 0 amide bonds. The molecular formula is C109H74N2O5. The van der Waals surface area contributed by atoms with Gasteiger partial charge in [-0.1, -0.05) is 311 Å². The van der Waals surface area contributed by atoms with Crippen molar-refractivity contribution in [2.75, 3.05) is 9.80 Å². The van der Waals surface area contributed by atoms with Crippen LogP contribution >= 0.6 is 0 Å². The van der Waals surface area contributed by atoms with Gasteiger partial charge in [-0.25, -0.2) is 0 Å². The third-order valence-corrected chi connectivity index (χ3v) is 23.0. The number of rotatable bonds is 18. The molecule has 21 aromatic rings. The highest BCUT2D eigenvalue weighted by molar-refractivity contribution is 6.16. The van der Waals surface area contributed by atoms with Gasteiger partial charge in [0.15, 0.2) is 0 Å². The first-order valence-electron chi connectivity index (χ1n) is 39.4. The minimum absolute atomic E-state index is 0.0470. The first kappa shape index (κ1) is 68.8. The van der Waals surface area contributed by atoms with Crippen molar-refractivity contribution in [2.45, 2.75) is 19.8 Å². The molecule has 0 fully saturated rings. The molecule has 116 heavy (non-hydrogen) atoms. The Bertz CT molecular complexity index is 7290. The van der Waals surface area contributed by atoms with Crippen molar-refractivity contribution in [1.82, 2.24) is 0 Å². The molecule has 5 aromatic heterocycles. The normalized spacial score (nSPS) is 12.4. The molecule has 21 rings (SSSR count). The van der Waals surface area contributed by atoms with E-state index in [2.05, 4.69) is 364 Å². The number of hydrogen-bond donors (Lipinski definition) is 0. The number of anilines is 5. The van der Waals surface area contributed by atoms with E-state index >= 15 is 0 Å². The van der Waals surface area contributed by atoms with Crippen LogP contribution in [0.5, 0.6) is 0 Å². The largest absolute Gasteiger partial charge is 0.463 e. The number of allylic oxidation sites excluding steroid dienone is 5. The third kappa shape index (κ3) is 12.1. The molecule has 7 heteroatoms. The Kier molecular flexibility index (Phi) is 17.1. The lowest BCUT2D eigenvalue weighted by atomic mass is 9.95. The van der Waals surface area contributed by atoms with Gasteiger partial charge in [0.05, 0.1) is 6.26 Å². The molecule has 0 aliphatic heterocycles. The maximum absolute atomic E-state index is 6.94. The lowest BCUT2D eigenvalue weighted by molar-refractivity contribution is 0.608. The average molecular weight is 1490 g/mol. The van der Waals surface area contributed by atoms with E-state index in [1.165, 1.54) is 0 Å². The fourth-order valence-electron chi connectivity index (χ4n) is 17.2. The molecule has 0 saturated heterocycles. The minimum Gasteiger partial charge on any atom is -0.463 e. The van der Waals surface area contributed by atoms with Crippen LogP contribution in [0.3, 0.4) is 0 Å². The van der Waals surface area contributed by atoms with Crippen LogP contribution in [-0.4, -0.2) is 0 Å². The molecule has 0 saturated carbocycles. The Morgan fingerprint density at radius 2 is 0.638 bits per heavy atom. The van der Waals surface area contributed by atoms with Gasteiger partial charge in [0.25, 0.3) is 0 Å². The van der Waals surface area contributed by atoms with Gasteiger partial charge in [-0.15, -0.1) is 0 Å². The molecule has 0 aliphatic carbocycles. The molecule has 0 bridgehead atoms. The Labute approximate surface area is 670 Å². The van der Waals surface area contributed by atoms with Crippen LogP contribution < -0.4 is 9.80 Å². The Morgan fingerprint density at radius 1 is 0.310 bits per heavy atom. The second kappa shape index (κ2) is 28.8. The quantitative estimate of drug-likeness (QED) is 0.0793. The fraction of sp³-hybridized carbons (Fsp3) is 0.0275. The first-order chi connectivity index (χ1) is 57.3. The zero-order chi connectivity index (χ0) is 77.3. The van der Waals surface area contributed by atoms with Gasteiger partial charge >= 0.3 is 0 Å². The highest BCUT2D eigenvalue weighted by Crippen LogP contribution is 2.47. The van der Waals surface area contributed by atoms with Crippen LogP contribution in [0.1, 0.15) is 30.9 Å². The Hall–Kier alpha value is -15.2. The van der Waals surface area contributed by atoms with E-state index in [0.717, 1.165) is 222 Å². The van der Waals surface area contributed by atoms with E-state index in [9.17, 15) is 0 Å². The maximum Gasteiger partial charge on any atom is 0.143 e. The summed E-state index contributed by atoms with van der Waals surface area (Å²) in [6, 6.07) is 125. The van der Waals surface area contributed by atoms with Crippen molar-refractivity contribution in [3.63, 3.8) is 0 Å². The van der Waals surface area contributed by atoms with Gasteiger partial charge in [0.2, 0.25) is 0 Å². The number of para-hydroxylation sites is 8. The van der Waals surface area contributed by atoms with Crippen LogP contribution in [0.15, 0.2) is 423 Å². The highest BCUT2D eigenvalue weighted by Gasteiger charge is 2.23. The summed E-state index contributed by atoms with van der Waals surface area (Å²) < 4.78 is 32.7. The number of nitrogens with zero attached hydrogens (tertiary/aromatic N) is 2. The second-order valence-electron chi connectivity index (χ2n) is 29.7. The van der Waals surface area contributed by atoms with Crippen LogP contribution in [0.4, 0.5) is 28.4 Å². The van der Waals surface area contributed by atoms with Gasteiger partial charge in [-0.05, 0) is 154 Å². The van der Waals surface area contributed by atoms with Gasteiger partial charge in [-0.3, -0.25) is 0 Å². The standard InChI is InChI=1S/C109H74N2O5/c1-4-6-19-79-68-112-105-86(23-13-29-92(79)105)69(3)38-57-80(5-2)110(82-60-49-75(50-61-82)88-25-14-30-96-93-20-7-10-34-100(93)113-106(88)96)81-58-47-73(48-59-81)71-41-39-70(40-42-71)72-43-45-74(46-44-72)87-24-18-37-103-104(87)99-33-17-28-91(109(99)116-103)78-55-66-85(67-56-78)111(83-62-51-76(52-63-83)89-26-15-31-97-94-21-8-11-35-101(94)114-107(89)97)84-64-53-77(54-65-84)90-27-16-32-98-95-22-9-12-36-102(95)115-108(90)98/h4-69H,1H2,2-3H3/b19-6-,57-38-,80-5+. The highest BCUT2D eigenvalue weighted by atomic mass is 16.3. The molecule has 1 atom stereocenters. The summed E-state index contributed by atoms with van der Waals surface area (Å²) in [6.45, 7) is 8.20. The van der Waals surface area contributed by atoms with Gasteiger partial charge < -0.3 is 31.9 Å². The van der Waals surface area contributed by atoms with Crippen molar-refractivity contribution in [3.8, 4) is 77.9 Å². The van der Waals surface area contributed by atoms with Crippen molar-refractivity contribution in [1.29, 1.82) is 0 Å². The smallest absolute Gasteiger partial charge is 0.143 e. The molecule has 7 nitrogen and oxygen atoms in total. The van der Waals surface area contributed by atoms with Crippen molar-refractivity contribution in [2.24, 2.45) is 0 Å². The van der Waals surface area contributed by atoms with Crippen LogP contribution in [0.2, 0.25) is 0 Å². The number of fused-ring (bicyclic) bond motifs is 13. The summed E-state index contributed by atoms with van der Waals surface area (Å²) in [5.74, 6) is 0.0470. The maximum atomic E-state index is 6.94. The predicted octanol–water partition coefficient (Wildman–Crippen LogP) is 31.8. The average Bonchev–Trinajstić information content (AvgIpc) is 1.60. The zero-order valence-corrected chi connectivity index (χ0v) is 63.7. The van der Waals surface area contributed by atoms with Crippen molar-refractivity contribution >= 4 is 133 Å². The molecule has 550 valence electrons. The topological polar surface area (TPSA) is 72.2 Å². The first-order valence-corrected chi connectivity index (χ1v) is 39.4. The molecular weight excluding hydrogens is 1420 g/mol. The van der Waals surface area contributed by atoms with Gasteiger partial charge in [0, 0.05) is 122 Å². The summed E-state index contributed by atoms with van der Waals surface area (Å²) in [6.07, 6.45) is 14.3. The SMILES string of the molecule is C=C/C=C\c1coc2c(C(C)/C=C\C(=C/C)N(c3ccc(-c4ccc(-c5ccc(-c6cccc7oc8c(-c9ccc(N(c%10ccc(-c%11cccc%12c%11oc%11ccccc%11%12)cc%10)c%10ccc(-c%11cccc%12c%11oc%11ccccc%11%12)cc%10)cc9)cccc8c67)cc5)cc4)cc3)c3ccc(-c4cccc5c4oc4ccccc45)cc3)cccc12. The van der Waals surface area contributed by atoms with Crippen LogP contribution in [0, 0.1) is 0 Å². The summed E-state index contributed by atoms with van der Waals surface area (Å²) >= 11 is 0. The van der Waals surface area contributed by atoms with E-state index in [0.29, 0.717) is 0 Å². The van der Waals surface area contributed by atoms with E-state index in [1.54, 1.807) is 6.08 Å². The predicted molar refractivity (Wildman–Crippen MR) is 484 cm³/mol. The van der Waals surface area contributed by atoms with E-state index in [-0.39, 0.29) is 5.92 Å². The van der Waals surface area contributed by atoms with E-state index < -0.39 is 0 Å². The van der Waals surface area contributed by atoms with Crippen LogP contribution in [-0.2, 0) is 0 Å². The number of hydrogen-bond acceptors (Lipinski definition) is 7. The molecule has 0 aliphatic rings. The molecule has 1 unspecified atom stereocenters.